The van der Waals surface area contributed by atoms with E-state index in [-0.39, 0.29) is 17.5 Å². The fraction of sp³-hybridized carbons (Fsp3) is 0.250. The molecule has 0 unspecified atom stereocenters. The molecule has 0 radical (unpaired) electrons. The molecule has 0 atom stereocenters. The molecule has 0 spiro atoms. The monoisotopic (exact) mass is 399 g/mol. The third-order valence-electron chi connectivity index (χ3n) is 3.10. The van der Waals surface area contributed by atoms with Crippen LogP contribution in [0.5, 0.6) is 5.75 Å². The van der Waals surface area contributed by atoms with Crippen LogP contribution < -0.4 is 15.4 Å². The number of urea groups is 1. The fourth-order valence-corrected chi connectivity index (χ4v) is 2.39. The minimum Gasteiger partial charge on any atom is -0.431 e. The summed E-state index contributed by atoms with van der Waals surface area (Å²) < 4.78 is 29.8. The summed E-state index contributed by atoms with van der Waals surface area (Å²) in [5.41, 5.74) is 1.60. The van der Waals surface area contributed by atoms with Gasteiger partial charge in [0.2, 0.25) is 0 Å². The lowest BCUT2D eigenvalue weighted by Gasteiger charge is -2.15. The molecular weight excluding hydrogens is 384 g/mol. The summed E-state index contributed by atoms with van der Waals surface area (Å²) in [6.45, 7) is 0.985. The van der Waals surface area contributed by atoms with Crippen molar-refractivity contribution >= 4 is 33.5 Å². The number of rotatable bonds is 5. The first kappa shape index (κ1) is 18.1. The number of pyridine rings is 1. The van der Waals surface area contributed by atoms with Crippen molar-refractivity contribution in [1.29, 1.82) is 0 Å². The van der Waals surface area contributed by atoms with E-state index in [2.05, 4.69) is 36.3 Å². The van der Waals surface area contributed by atoms with Crippen LogP contribution in [0.15, 0.2) is 41.0 Å². The zero-order chi connectivity index (χ0) is 17.7. The van der Waals surface area contributed by atoms with Crippen LogP contribution in [-0.2, 0) is 0 Å². The highest BCUT2D eigenvalue weighted by Gasteiger charge is 2.15. The molecule has 0 aliphatic rings. The number of benzene rings is 1. The number of hydrogen-bond acceptors (Lipinski definition) is 3. The number of halogens is 3. The van der Waals surface area contributed by atoms with Crippen molar-refractivity contribution in [2.75, 3.05) is 10.6 Å². The second-order valence-corrected chi connectivity index (χ2v) is 6.12. The van der Waals surface area contributed by atoms with E-state index >= 15 is 0 Å². The lowest BCUT2D eigenvalue weighted by molar-refractivity contribution is -0.0495. The summed E-state index contributed by atoms with van der Waals surface area (Å²) >= 11 is 3.12. The zero-order valence-corrected chi connectivity index (χ0v) is 14.6. The van der Waals surface area contributed by atoms with Gasteiger partial charge in [-0.05, 0) is 33.5 Å². The molecule has 0 saturated carbocycles. The van der Waals surface area contributed by atoms with Gasteiger partial charge in [0.05, 0.1) is 0 Å². The third kappa shape index (κ3) is 4.89. The molecule has 5 nitrogen and oxygen atoms in total. The van der Waals surface area contributed by atoms with Crippen molar-refractivity contribution in [3.63, 3.8) is 0 Å². The van der Waals surface area contributed by atoms with Crippen molar-refractivity contribution in [1.82, 2.24) is 4.98 Å². The number of carbonyl (C=O) groups excluding carboxylic acids is 1. The molecule has 2 aromatic rings. The van der Waals surface area contributed by atoms with E-state index in [0.29, 0.717) is 10.2 Å². The van der Waals surface area contributed by atoms with E-state index in [1.807, 2.05) is 26.0 Å². The quantitative estimate of drug-likeness (QED) is 0.724. The van der Waals surface area contributed by atoms with E-state index < -0.39 is 12.6 Å². The predicted octanol–water partition coefficient (Wildman–Crippen LogP) is 5.21. The largest absolute Gasteiger partial charge is 0.431 e. The van der Waals surface area contributed by atoms with Crippen molar-refractivity contribution in [2.45, 2.75) is 26.4 Å². The number of nitrogens with one attached hydrogen (secondary N) is 2. The second kappa shape index (κ2) is 8.05. The molecule has 1 aromatic carbocycles. The van der Waals surface area contributed by atoms with E-state index in [1.165, 1.54) is 12.3 Å². The van der Waals surface area contributed by atoms with Crippen LogP contribution in [0.3, 0.4) is 0 Å². The van der Waals surface area contributed by atoms with Gasteiger partial charge in [-0.25, -0.2) is 9.78 Å². The Labute approximate surface area is 146 Å². The molecule has 2 rings (SSSR count). The lowest BCUT2D eigenvalue weighted by atomic mass is 10.0. The summed E-state index contributed by atoms with van der Waals surface area (Å²) in [5, 5.41) is 5.11. The summed E-state index contributed by atoms with van der Waals surface area (Å²) in [4.78, 5) is 16.1. The summed E-state index contributed by atoms with van der Waals surface area (Å²) in [5.74, 6) is -0.116. The molecule has 1 heterocycles. The molecule has 128 valence electrons. The Balaban J connectivity index is 2.16. The van der Waals surface area contributed by atoms with Gasteiger partial charge in [0.1, 0.15) is 0 Å². The van der Waals surface area contributed by atoms with Gasteiger partial charge in [0, 0.05) is 22.4 Å². The van der Waals surface area contributed by atoms with Gasteiger partial charge in [0.25, 0.3) is 0 Å². The van der Waals surface area contributed by atoms with Crippen molar-refractivity contribution in [2.24, 2.45) is 0 Å². The van der Waals surface area contributed by atoms with E-state index in [9.17, 15) is 13.6 Å². The Morgan fingerprint density at radius 1 is 1.25 bits per heavy atom. The summed E-state index contributed by atoms with van der Waals surface area (Å²) in [6.07, 6.45) is 1.37. The second-order valence-electron chi connectivity index (χ2n) is 5.20. The first-order valence-electron chi connectivity index (χ1n) is 7.14. The van der Waals surface area contributed by atoms with Crippen LogP contribution in [0.25, 0.3) is 0 Å². The van der Waals surface area contributed by atoms with E-state index in [1.54, 1.807) is 12.1 Å². The molecule has 1 aromatic heterocycles. The standard InChI is InChI=1S/C16H16BrF2N3O2/c1-9(2)11-5-3-4-6-12(11)21-16(23)22-14-13(24-15(18)19)7-10(17)8-20-14/h3-9,15H,1-2H3,(H2,20,21,22,23). The van der Waals surface area contributed by atoms with Crippen LogP contribution >= 0.6 is 15.9 Å². The number of hydrogen-bond donors (Lipinski definition) is 2. The topological polar surface area (TPSA) is 63.2 Å². The summed E-state index contributed by atoms with van der Waals surface area (Å²) in [7, 11) is 0. The fourth-order valence-electron chi connectivity index (χ4n) is 2.08. The normalized spacial score (nSPS) is 10.8. The van der Waals surface area contributed by atoms with Crippen molar-refractivity contribution < 1.29 is 18.3 Å². The third-order valence-corrected chi connectivity index (χ3v) is 3.53. The van der Waals surface area contributed by atoms with Gasteiger partial charge in [-0.2, -0.15) is 8.78 Å². The molecule has 0 bridgehead atoms. The highest BCUT2D eigenvalue weighted by molar-refractivity contribution is 9.10. The Bertz CT molecular complexity index is 726. The number of carbonyl (C=O) groups is 1. The SMILES string of the molecule is CC(C)c1ccccc1NC(=O)Nc1ncc(Br)cc1OC(F)F. The van der Waals surface area contributed by atoms with Gasteiger partial charge in [-0.1, -0.05) is 32.0 Å². The van der Waals surface area contributed by atoms with Gasteiger partial charge in [0.15, 0.2) is 11.6 Å². The number of anilines is 2. The van der Waals surface area contributed by atoms with Crippen molar-refractivity contribution in [3.05, 3.63) is 46.6 Å². The molecule has 0 aliphatic carbocycles. The van der Waals surface area contributed by atoms with E-state index in [4.69, 9.17) is 0 Å². The molecule has 24 heavy (non-hydrogen) atoms. The average molecular weight is 400 g/mol. The van der Waals surface area contributed by atoms with E-state index in [0.717, 1.165) is 5.56 Å². The lowest BCUT2D eigenvalue weighted by Crippen LogP contribution is -2.22. The first-order chi connectivity index (χ1) is 11.4. The number of amides is 2. The number of ether oxygens (including phenoxy) is 1. The first-order valence-corrected chi connectivity index (χ1v) is 7.93. The van der Waals surface area contributed by atoms with Crippen LogP contribution in [0, 0.1) is 0 Å². The Morgan fingerprint density at radius 2 is 1.96 bits per heavy atom. The Morgan fingerprint density at radius 3 is 2.62 bits per heavy atom. The minimum atomic E-state index is -3.02. The van der Waals surface area contributed by atoms with Gasteiger partial charge in [-0.3, -0.25) is 5.32 Å². The zero-order valence-electron chi connectivity index (χ0n) is 13.0. The molecule has 2 amide bonds. The van der Waals surface area contributed by atoms with Crippen LogP contribution in [0.4, 0.5) is 25.1 Å². The maximum absolute atomic E-state index is 12.5. The molecule has 2 N–H and O–H groups in total. The summed E-state index contributed by atoms with van der Waals surface area (Å²) in [6, 6.07) is 8.05. The Hall–Kier alpha value is -2.22. The van der Waals surface area contributed by atoms with Crippen LogP contribution in [0.1, 0.15) is 25.3 Å². The number of para-hydroxylation sites is 1. The number of aromatic nitrogens is 1. The molecule has 0 aliphatic heterocycles. The predicted molar refractivity (Wildman–Crippen MR) is 91.7 cm³/mol. The number of nitrogens with zero attached hydrogens (tertiary/aromatic N) is 1. The molecule has 0 saturated heterocycles. The minimum absolute atomic E-state index is 0.0990. The highest BCUT2D eigenvalue weighted by Crippen LogP contribution is 2.28. The Kier molecular flexibility index (Phi) is 6.08. The molecule has 8 heteroatoms. The van der Waals surface area contributed by atoms with Gasteiger partial charge < -0.3 is 10.1 Å². The van der Waals surface area contributed by atoms with Gasteiger partial charge in [-0.15, -0.1) is 0 Å². The average Bonchev–Trinajstić information content (AvgIpc) is 2.49. The molecular formula is C16H16BrF2N3O2. The van der Waals surface area contributed by atoms with Crippen LogP contribution in [-0.4, -0.2) is 17.6 Å². The maximum Gasteiger partial charge on any atom is 0.387 e. The smallest absolute Gasteiger partial charge is 0.387 e. The molecule has 0 fully saturated rings. The maximum atomic E-state index is 12.5. The van der Waals surface area contributed by atoms with Crippen LogP contribution in [0.2, 0.25) is 0 Å². The van der Waals surface area contributed by atoms with Crippen molar-refractivity contribution in [3.8, 4) is 5.75 Å². The number of alkyl halides is 2. The highest BCUT2D eigenvalue weighted by atomic mass is 79.9. The van der Waals surface area contributed by atoms with Gasteiger partial charge >= 0.3 is 12.6 Å².